The molecule has 0 aliphatic heterocycles. The molecule has 0 spiro atoms. The molecule has 24 heavy (non-hydrogen) atoms. The number of carbonyl (C=O) groups excluding carboxylic acids is 1. The van der Waals surface area contributed by atoms with Crippen molar-refractivity contribution in [2.24, 2.45) is 0 Å². The van der Waals surface area contributed by atoms with Crippen LogP contribution in [0.15, 0.2) is 53.1 Å². The van der Waals surface area contributed by atoms with Crippen LogP contribution in [-0.2, 0) is 19.6 Å². The fraction of sp³-hybridized carbons (Fsp3) is 0.278. The summed E-state index contributed by atoms with van der Waals surface area (Å²) in [7, 11) is -3.73. The lowest BCUT2D eigenvalue weighted by Crippen LogP contribution is -2.23. The molecule has 0 aromatic heterocycles. The number of aryl methyl sites for hydroxylation is 1. The molecule has 1 aromatic carbocycles. The van der Waals surface area contributed by atoms with Crippen molar-refractivity contribution in [3.05, 3.63) is 59.3 Å². The lowest BCUT2D eigenvalue weighted by Gasteiger charge is -2.12. The molecule has 0 unspecified atom stereocenters. The molecule has 1 N–H and O–H groups in total. The Labute approximate surface area is 143 Å². The Balaban J connectivity index is 3.18. The lowest BCUT2D eigenvalue weighted by molar-refractivity contribution is -0.137. The summed E-state index contributed by atoms with van der Waals surface area (Å²) < 4.78 is 32.3. The second-order valence-electron chi connectivity index (χ2n) is 5.33. The Morgan fingerprint density at radius 3 is 2.54 bits per heavy atom. The van der Waals surface area contributed by atoms with Crippen LogP contribution in [0.3, 0.4) is 0 Å². The van der Waals surface area contributed by atoms with E-state index in [2.05, 4.69) is 11.3 Å². The smallest absolute Gasteiger partial charge is 0.330 e. The molecule has 0 amide bonds. The van der Waals surface area contributed by atoms with Crippen LogP contribution in [0.25, 0.3) is 6.08 Å². The van der Waals surface area contributed by atoms with Gasteiger partial charge < -0.3 is 4.74 Å². The molecule has 0 saturated heterocycles. The molecule has 0 aliphatic carbocycles. The highest BCUT2D eigenvalue weighted by atomic mass is 32.2. The number of nitrogens with one attached hydrogen (secondary N) is 1. The van der Waals surface area contributed by atoms with Gasteiger partial charge in [0.25, 0.3) is 10.0 Å². The Morgan fingerprint density at radius 1 is 1.33 bits per heavy atom. The Morgan fingerprint density at radius 2 is 2.00 bits per heavy atom. The summed E-state index contributed by atoms with van der Waals surface area (Å²) in [5, 5.41) is 0. The number of allylic oxidation sites excluding steroid dienone is 2. The summed E-state index contributed by atoms with van der Waals surface area (Å²) in [5.41, 5.74) is 2.73. The molecule has 0 heterocycles. The van der Waals surface area contributed by atoms with Gasteiger partial charge in [-0.2, -0.15) is 0 Å². The summed E-state index contributed by atoms with van der Waals surface area (Å²) in [6, 6.07) is 4.72. The van der Waals surface area contributed by atoms with Gasteiger partial charge in [-0.05, 0) is 63.1 Å². The van der Waals surface area contributed by atoms with Crippen molar-refractivity contribution in [2.45, 2.75) is 32.6 Å². The monoisotopic (exact) mass is 349 g/mol. The number of esters is 1. The van der Waals surface area contributed by atoms with E-state index in [0.717, 1.165) is 11.1 Å². The third-order valence-corrected chi connectivity index (χ3v) is 4.60. The minimum Gasteiger partial charge on any atom is -0.463 e. The number of carbonyl (C=O) groups is 1. The highest BCUT2D eigenvalue weighted by Gasteiger charge is 2.16. The third kappa shape index (κ3) is 5.38. The van der Waals surface area contributed by atoms with Crippen LogP contribution in [0.5, 0.6) is 0 Å². The molecule has 0 atom stereocenters. The van der Waals surface area contributed by atoms with E-state index in [1.54, 1.807) is 32.9 Å². The van der Waals surface area contributed by atoms with Crippen molar-refractivity contribution in [1.29, 1.82) is 0 Å². The first kappa shape index (κ1) is 19.7. The Kier molecular flexibility index (Phi) is 6.97. The van der Waals surface area contributed by atoms with Gasteiger partial charge in [0.1, 0.15) is 0 Å². The molecule has 1 aromatic rings. The van der Waals surface area contributed by atoms with E-state index in [9.17, 15) is 13.2 Å². The zero-order valence-corrected chi connectivity index (χ0v) is 15.2. The Bertz CT molecular complexity index is 785. The van der Waals surface area contributed by atoms with E-state index in [4.69, 9.17) is 4.74 Å². The first-order chi connectivity index (χ1) is 11.2. The SMILES string of the molecule is C=CC(NS(=O)(=O)c1ccc(C)c(C=CC(=O)OCC)c1)=C(C)C. The van der Waals surface area contributed by atoms with Crippen LogP contribution in [-0.4, -0.2) is 21.0 Å². The fourth-order valence-electron chi connectivity index (χ4n) is 1.87. The number of rotatable bonds is 7. The van der Waals surface area contributed by atoms with E-state index in [0.29, 0.717) is 11.3 Å². The average Bonchev–Trinajstić information content (AvgIpc) is 2.51. The van der Waals surface area contributed by atoms with E-state index in [1.807, 2.05) is 6.92 Å². The standard InChI is InChI=1S/C18H23NO4S/c1-6-17(13(3)4)19-24(21,22)16-10-8-14(5)15(12-16)9-11-18(20)23-7-2/h6,8-12,19H,1,7H2,2-5H3. The van der Waals surface area contributed by atoms with Crippen LogP contribution in [0, 0.1) is 6.92 Å². The summed E-state index contributed by atoms with van der Waals surface area (Å²) in [6.07, 6.45) is 4.28. The molecule has 0 fully saturated rings. The van der Waals surface area contributed by atoms with E-state index >= 15 is 0 Å². The van der Waals surface area contributed by atoms with Crippen LogP contribution >= 0.6 is 0 Å². The summed E-state index contributed by atoms with van der Waals surface area (Å²) in [5.74, 6) is -0.471. The van der Waals surface area contributed by atoms with Crippen molar-refractivity contribution in [2.75, 3.05) is 6.61 Å². The molecule has 0 bridgehead atoms. The van der Waals surface area contributed by atoms with E-state index in [-0.39, 0.29) is 11.5 Å². The van der Waals surface area contributed by atoms with Gasteiger partial charge in [-0.3, -0.25) is 4.72 Å². The quantitative estimate of drug-likeness (QED) is 0.465. The minimum atomic E-state index is -3.73. The second kappa shape index (κ2) is 8.49. The first-order valence-corrected chi connectivity index (χ1v) is 8.97. The van der Waals surface area contributed by atoms with Gasteiger partial charge in [0.15, 0.2) is 0 Å². The van der Waals surface area contributed by atoms with Gasteiger partial charge in [0, 0.05) is 11.8 Å². The Hall–Kier alpha value is -2.34. The highest BCUT2D eigenvalue weighted by Crippen LogP contribution is 2.18. The van der Waals surface area contributed by atoms with Crippen molar-refractivity contribution in [1.82, 2.24) is 4.72 Å². The molecule has 0 radical (unpaired) electrons. The molecular weight excluding hydrogens is 326 g/mol. The molecule has 5 nitrogen and oxygen atoms in total. The largest absolute Gasteiger partial charge is 0.463 e. The highest BCUT2D eigenvalue weighted by molar-refractivity contribution is 7.89. The maximum Gasteiger partial charge on any atom is 0.330 e. The normalized spacial score (nSPS) is 11.2. The van der Waals surface area contributed by atoms with Gasteiger partial charge in [-0.15, -0.1) is 0 Å². The first-order valence-electron chi connectivity index (χ1n) is 7.49. The van der Waals surface area contributed by atoms with Gasteiger partial charge >= 0.3 is 5.97 Å². The molecule has 6 heteroatoms. The fourth-order valence-corrected chi connectivity index (χ4v) is 3.09. The molecular formula is C18H23NO4S. The predicted molar refractivity (Wildman–Crippen MR) is 95.7 cm³/mol. The van der Waals surface area contributed by atoms with Gasteiger partial charge in [-0.1, -0.05) is 18.2 Å². The maximum absolute atomic E-state index is 12.5. The minimum absolute atomic E-state index is 0.109. The number of hydrogen-bond donors (Lipinski definition) is 1. The molecule has 0 saturated carbocycles. The summed E-state index contributed by atoms with van der Waals surface area (Å²) >= 11 is 0. The van der Waals surface area contributed by atoms with Crippen molar-refractivity contribution >= 4 is 22.1 Å². The number of benzene rings is 1. The zero-order valence-electron chi connectivity index (χ0n) is 14.4. The molecule has 0 aliphatic rings. The van der Waals surface area contributed by atoms with Crippen molar-refractivity contribution < 1.29 is 17.9 Å². The maximum atomic E-state index is 12.5. The second-order valence-corrected chi connectivity index (χ2v) is 7.01. The molecule has 130 valence electrons. The van der Waals surface area contributed by atoms with Crippen LogP contribution in [0.4, 0.5) is 0 Å². The van der Waals surface area contributed by atoms with Crippen LogP contribution < -0.4 is 4.72 Å². The summed E-state index contributed by atoms with van der Waals surface area (Å²) in [4.78, 5) is 11.5. The number of ether oxygens (including phenoxy) is 1. The topological polar surface area (TPSA) is 72.5 Å². The summed E-state index contributed by atoms with van der Waals surface area (Å²) in [6.45, 7) is 11.0. The van der Waals surface area contributed by atoms with Gasteiger partial charge in [0.05, 0.1) is 11.5 Å². The number of hydrogen-bond acceptors (Lipinski definition) is 4. The van der Waals surface area contributed by atoms with Crippen molar-refractivity contribution in [3.8, 4) is 0 Å². The van der Waals surface area contributed by atoms with E-state index < -0.39 is 16.0 Å². The average molecular weight is 349 g/mol. The van der Waals surface area contributed by atoms with Crippen LogP contribution in [0.1, 0.15) is 31.9 Å². The van der Waals surface area contributed by atoms with Gasteiger partial charge in [-0.25, -0.2) is 13.2 Å². The third-order valence-electron chi connectivity index (χ3n) is 3.23. The predicted octanol–water partition coefficient (Wildman–Crippen LogP) is 3.33. The lowest BCUT2D eigenvalue weighted by atomic mass is 10.1. The van der Waals surface area contributed by atoms with Gasteiger partial charge in [0.2, 0.25) is 0 Å². The zero-order chi connectivity index (χ0) is 18.3. The number of sulfonamides is 1. The molecule has 1 rings (SSSR count). The van der Waals surface area contributed by atoms with E-state index in [1.165, 1.54) is 24.3 Å². The van der Waals surface area contributed by atoms with Crippen molar-refractivity contribution in [3.63, 3.8) is 0 Å². The van der Waals surface area contributed by atoms with Crippen LogP contribution in [0.2, 0.25) is 0 Å².